The molecule has 2 N–H and O–H groups in total. The van der Waals surface area contributed by atoms with Gasteiger partial charge in [0.05, 0.1) is 11.4 Å². The predicted octanol–water partition coefficient (Wildman–Crippen LogP) is 4.05. The summed E-state index contributed by atoms with van der Waals surface area (Å²) in [6.07, 6.45) is 6.83. The van der Waals surface area contributed by atoms with Crippen LogP contribution in [0.1, 0.15) is 63.0 Å². The monoisotopic (exact) mass is 512 g/mol. The van der Waals surface area contributed by atoms with Crippen molar-refractivity contribution in [2.75, 3.05) is 11.9 Å². The summed E-state index contributed by atoms with van der Waals surface area (Å²) in [6.45, 7) is 1.67. The number of carbonyl (C=O) groups is 3. The van der Waals surface area contributed by atoms with Crippen LogP contribution >= 0.6 is 0 Å². The van der Waals surface area contributed by atoms with Gasteiger partial charge in [-0.1, -0.05) is 48.5 Å². The molecule has 2 aromatic carbocycles. The topological polar surface area (TPSA) is 90.9 Å². The maximum absolute atomic E-state index is 13.4. The average molecular weight is 513 g/mol. The van der Waals surface area contributed by atoms with Crippen LogP contribution in [0.3, 0.4) is 0 Å². The first-order valence-corrected chi connectivity index (χ1v) is 13.9. The van der Waals surface area contributed by atoms with Crippen molar-refractivity contribution in [1.29, 1.82) is 0 Å². The highest BCUT2D eigenvalue weighted by atomic mass is 16.2. The zero-order valence-corrected chi connectivity index (χ0v) is 22.2. The number of benzene rings is 2. The van der Waals surface area contributed by atoms with E-state index < -0.39 is 18.1 Å². The Morgan fingerprint density at radius 1 is 0.974 bits per heavy atom. The third-order valence-electron chi connectivity index (χ3n) is 9.14. The van der Waals surface area contributed by atoms with Crippen LogP contribution in [-0.4, -0.2) is 42.7 Å². The molecular weight excluding hydrogens is 476 g/mol. The molecule has 0 aromatic heterocycles. The van der Waals surface area contributed by atoms with E-state index in [9.17, 15) is 14.4 Å². The van der Waals surface area contributed by atoms with Crippen molar-refractivity contribution < 1.29 is 14.4 Å². The average Bonchev–Trinajstić information content (AvgIpc) is 2.98. The summed E-state index contributed by atoms with van der Waals surface area (Å²) < 4.78 is 0. The van der Waals surface area contributed by atoms with E-state index in [1.54, 1.807) is 14.0 Å². The Bertz CT molecular complexity index is 1250. The second-order valence-corrected chi connectivity index (χ2v) is 12.1. The Hall–Kier alpha value is -3.48. The van der Waals surface area contributed by atoms with Crippen LogP contribution in [0, 0.1) is 23.2 Å². The predicted molar refractivity (Wildman–Crippen MR) is 147 cm³/mol. The fourth-order valence-electron chi connectivity index (χ4n) is 7.91. The van der Waals surface area contributed by atoms with Gasteiger partial charge in [0.25, 0.3) is 5.91 Å². The first kappa shape index (κ1) is 24.8. The van der Waals surface area contributed by atoms with Gasteiger partial charge < -0.3 is 15.5 Å². The fourth-order valence-corrected chi connectivity index (χ4v) is 7.91. The largest absolute Gasteiger partial charge is 0.345 e. The van der Waals surface area contributed by atoms with Gasteiger partial charge in [-0.15, -0.1) is 0 Å². The SMILES string of the molecule is C[C@H](NC(=O)CC12CC3CC(CC(C3)C1)C2)C(=O)N[C@H]1N=C(c2ccccc2)c2ccccc2N(C)C1=O. The Morgan fingerprint density at radius 2 is 1.58 bits per heavy atom. The minimum absolute atomic E-state index is 0.0696. The smallest absolute Gasteiger partial charge is 0.272 e. The molecule has 0 radical (unpaired) electrons. The molecule has 2 aromatic rings. The number of para-hydroxylation sites is 1. The molecule has 2 atom stereocenters. The quantitative estimate of drug-likeness (QED) is 0.612. The molecule has 38 heavy (non-hydrogen) atoms. The van der Waals surface area contributed by atoms with E-state index in [2.05, 4.69) is 10.6 Å². The highest BCUT2D eigenvalue weighted by Gasteiger charge is 2.51. The van der Waals surface area contributed by atoms with Crippen molar-refractivity contribution in [3.8, 4) is 0 Å². The minimum atomic E-state index is -1.10. The van der Waals surface area contributed by atoms with Gasteiger partial charge in [0.15, 0.2) is 0 Å². The summed E-state index contributed by atoms with van der Waals surface area (Å²) in [5.74, 6) is 1.50. The molecule has 3 amide bonds. The number of fused-ring (bicyclic) bond motifs is 1. The summed E-state index contributed by atoms with van der Waals surface area (Å²) in [6, 6.07) is 16.5. The summed E-state index contributed by atoms with van der Waals surface area (Å²) in [5.41, 5.74) is 3.16. The maximum Gasteiger partial charge on any atom is 0.272 e. The number of nitrogens with zero attached hydrogens (tertiary/aromatic N) is 2. The summed E-state index contributed by atoms with van der Waals surface area (Å²) in [7, 11) is 1.69. The second-order valence-electron chi connectivity index (χ2n) is 12.1. The van der Waals surface area contributed by atoms with Gasteiger partial charge in [-0.25, -0.2) is 4.99 Å². The van der Waals surface area contributed by atoms with Crippen LogP contribution in [0.5, 0.6) is 0 Å². The molecule has 0 unspecified atom stereocenters. The summed E-state index contributed by atoms with van der Waals surface area (Å²) >= 11 is 0. The van der Waals surface area contributed by atoms with Gasteiger partial charge in [-0.3, -0.25) is 14.4 Å². The van der Waals surface area contributed by atoms with Crippen LogP contribution in [-0.2, 0) is 14.4 Å². The molecule has 5 aliphatic rings. The lowest BCUT2D eigenvalue weighted by Gasteiger charge is -2.56. The van der Waals surface area contributed by atoms with E-state index in [-0.39, 0.29) is 17.2 Å². The van der Waals surface area contributed by atoms with Gasteiger partial charge in [-0.2, -0.15) is 0 Å². The maximum atomic E-state index is 13.4. The zero-order chi connectivity index (χ0) is 26.4. The van der Waals surface area contributed by atoms with Gasteiger partial charge in [-0.05, 0) is 74.7 Å². The highest BCUT2D eigenvalue weighted by molar-refractivity contribution is 6.20. The van der Waals surface area contributed by atoms with Crippen molar-refractivity contribution in [3.05, 3.63) is 65.7 Å². The first-order chi connectivity index (χ1) is 18.3. The van der Waals surface area contributed by atoms with Gasteiger partial charge in [0.2, 0.25) is 18.0 Å². The second kappa shape index (κ2) is 9.68. The first-order valence-electron chi connectivity index (χ1n) is 13.9. The molecule has 4 saturated carbocycles. The molecule has 4 fully saturated rings. The molecular formula is C31H36N4O3. The standard InChI is InChI=1S/C31H36N4O3/c1-19(32-26(36)18-31-15-20-12-21(16-31)14-22(13-20)17-31)29(37)34-28-30(38)35(2)25-11-7-6-10-24(25)27(33-28)23-8-4-3-5-9-23/h3-11,19-22,28H,12-18H2,1-2H3,(H,32,36)(H,34,37)/t19-,20?,21?,22?,28+,31?/m0/s1. The van der Waals surface area contributed by atoms with Crippen molar-refractivity contribution in [2.45, 2.75) is 64.1 Å². The zero-order valence-electron chi connectivity index (χ0n) is 22.2. The van der Waals surface area contributed by atoms with E-state index in [1.165, 1.54) is 24.2 Å². The molecule has 7 heteroatoms. The summed E-state index contributed by atoms with van der Waals surface area (Å²) in [4.78, 5) is 46.0. The number of carbonyl (C=O) groups excluding carboxylic acids is 3. The van der Waals surface area contributed by atoms with E-state index in [0.29, 0.717) is 12.1 Å². The highest BCUT2D eigenvalue weighted by Crippen LogP contribution is 2.61. The van der Waals surface area contributed by atoms with Crippen molar-refractivity contribution in [3.63, 3.8) is 0 Å². The third-order valence-corrected chi connectivity index (χ3v) is 9.14. The molecule has 4 aliphatic carbocycles. The number of hydrogen-bond acceptors (Lipinski definition) is 4. The fraction of sp³-hybridized carbons (Fsp3) is 0.484. The van der Waals surface area contributed by atoms with Crippen LogP contribution in [0.4, 0.5) is 5.69 Å². The lowest BCUT2D eigenvalue weighted by Crippen LogP contribution is -2.53. The van der Waals surface area contributed by atoms with Crippen molar-refractivity contribution in [2.24, 2.45) is 28.2 Å². The molecule has 7 rings (SSSR count). The van der Waals surface area contributed by atoms with Crippen molar-refractivity contribution >= 4 is 29.1 Å². The Morgan fingerprint density at radius 3 is 2.24 bits per heavy atom. The minimum Gasteiger partial charge on any atom is -0.345 e. The van der Waals surface area contributed by atoms with E-state index in [1.807, 2.05) is 54.6 Å². The number of rotatable bonds is 6. The molecule has 1 aliphatic heterocycles. The number of benzodiazepines with no additional fused rings is 1. The van der Waals surface area contributed by atoms with Crippen LogP contribution in [0.15, 0.2) is 59.6 Å². The number of nitrogens with one attached hydrogen (secondary N) is 2. The van der Waals surface area contributed by atoms with Crippen molar-refractivity contribution in [1.82, 2.24) is 10.6 Å². The number of aliphatic imine (C=N–C) groups is 1. The lowest BCUT2D eigenvalue weighted by molar-refractivity contribution is -0.134. The summed E-state index contributed by atoms with van der Waals surface area (Å²) in [5, 5.41) is 5.73. The number of amides is 3. The normalized spacial score (nSPS) is 30.2. The van der Waals surface area contributed by atoms with E-state index >= 15 is 0 Å². The van der Waals surface area contributed by atoms with E-state index in [4.69, 9.17) is 4.99 Å². The molecule has 7 nitrogen and oxygen atoms in total. The van der Waals surface area contributed by atoms with Crippen LogP contribution < -0.4 is 15.5 Å². The van der Waals surface area contributed by atoms with Crippen LogP contribution in [0.2, 0.25) is 0 Å². The Labute approximate surface area is 224 Å². The van der Waals surface area contributed by atoms with Gasteiger partial charge in [0.1, 0.15) is 6.04 Å². The van der Waals surface area contributed by atoms with Crippen LogP contribution in [0.25, 0.3) is 0 Å². The third kappa shape index (κ3) is 4.63. The lowest BCUT2D eigenvalue weighted by atomic mass is 9.49. The number of hydrogen-bond donors (Lipinski definition) is 2. The molecule has 198 valence electrons. The van der Waals surface area contributed by atoms with Gasteiger partial charge in [0, 0.05) is 24.6 Å². The van der Waals surface area contributed by atoms with Gasteiger partial charge >= 0.3 is 0 Å². The number of anilines is 1. The Balaban J connectivity index is 1.17. The molecule has 0 spiro atoms. The molecule has 0 saturated heterocycles. The van der Waals surface area contributed by atoms with E-state index in [0.717, 1.165) is 53.8 Å². The molecule has 1 heterocycles. The Kier molecular flexibility index (Phi) is 6.33. The molecule has 4 bridgehead atoms. The number of likely N-dealkylation sites (N-methyl/N-ethyl adjacent to an activating group) is 1.